The smallest absolute Gasteiger partial charge is 0.331 e. The molecule has 0 heterocycles. The van der Waals surface area contributed by atoms with Crippen LogP contribution < -0.4 is 0 Å². The third-order valence-electron chi connectivity index (χ3n) is 2.96. The van der Waals surface area contributed by atoms with Crippen molar-refractivity contribution in [2.24, 2.45) is 0 Å². The molecule has 20 heavy (non-hydrogen) atoms. The molecule has 102 valence electrons. The maximum atomic E-state index is 11.7. The molecule has 0 saturated heterocycles. The Morgan fingerprint density at radius 3 is 2.20 bits per heavy atom. The predicted molar refractivity (Wildman–Crippen MR) is 81.2 cm³/mol. The molecule has 0 radical (unpaired) electrons. The number of rotatable bonds is 5. The van der Waals surface area contributed by atoms with E-state index in [9.17, 15) is 4.79 Å². The summed E-state index contributed by atoms with van der Waals surface area (Å²) in [5.74, 6) is -0.290. The van der Waals surface area contributed by atoms with Gasteiger partial charge in [0.15, 0.2) is 0 Å². The van der Waals surface area contributed by atoms with E-state index in [2.05, 4.69) is 12.1 Å². The van der Waals surface area contributed by atoms with Gasteiger partial charge in [0.1, 0.15) is 0 Å². The number of benzene rings is 2. The van der Waals surface area contributed by atoms with Gasteiger partial charge in [-0.1, -0.05) is 60.7 Å². The van der Waals surface area contributed by atoms with Gasteiger partial charge in [0.05, 0.1) is 6.61 Å². The SMILES string of the molecule is CCOC(=O)C=C(Cc1ccccc1)c1ccccc1. The molecule has 2 nitrogen and oxygen atoms in total. The lowest BCUT2D eigenvalue weighted by Gasteiger charge is -2.08. The first kappa shape index (κ1) is 14.1. The van der Waals surface area contributed by atoms with Gasteiger partial charge in [0, 0.05) is 6.08 Å². The summed E-state index contributed by atoms with van der Waals surface area (Å²) in [4.78, 5) is 11.7. The molecular formula is C18H18O2. The number of hydrogen-bond donors (Lipinski definition) is 0. The van der Waals surface area contributed by atoms with Crippen LogP contribution in [0.3, 0.4) is 0 Å². The Bertz CT molecular complexity index is 571. The zero-order valence-electron chi connectivity index (χ0n) is 11.6. The van der Waals surface area contributed by atoms with Gasteiger partial charge in [0.25, 0.3) is 0 Å². The Balaban J connectivity index is 2.27. The molecule has 0 bridgehead atoms. The first-order chi connectivity index (χ1) is 9.79. The molecule has 2 aromatic carbocycles. The minimum atomic E-state index is -0.290. The molecule has 0 N–H and O–H groups in total. The van der Waals surface area contributed by atoms with Crippen molar-refractivity contribution in [1.82, 2.24) is 0 Å². The summed E-state index contributed by atoms with van der Waals surface area (Å²) in [7, 11) is 0. The van der Waals surface area contributed by atoms with Crippen LogP contribution in [0, 0.1) is 0 Å². The fourth-order valence-corrected chi connectivity index (χ4v) is 2.03. The van der Waals surface area contributed by atoms with Crippen molar-refractivity contribution in [2.75, 3.05) is 6.61 Å². The number of allylic oxidation sites excluding steroid dienone is 1. The molecule has 0 aromatic heterocycles. The second kappa shape index (κ2) is 7.29. The molecule has 0 aliphatic rings. The van der Waals surface area contributed by atoms with Crippen LogP contribution >= 0.6 is 0 Å². The highest BCUT2D eigenvalue weighted by atomic mass is 16.5. The zero-order chi connectivity index (χ0) is 14.2. The Labute approximate surface area is 119 Å². The van der Waals surface area contributed by atoms with Crippen LogP contribution in [0.15, 0.2) is 66.7 Å². The topological polar surface area (TPSA) is 26.3 Å². The van der Waals surface area contributed by atoms with Crippen molar-refractivity contribution in [2.45, 2.75) is 13.3 Å². The molecule has 2 aromatic rings. The van der Waals surface area contributed by atoms with Crippen LogP contribution in [0.2, 0.25) is 0 Å². The van der Waals surface area contributed by atoms with Gasteiger partial charge in [-0.2, -0.15) is 0 Å². The molecule has 0 aliphatic carbocycles. The average Bonchev–Trinajstić information content (AvgIpc) is 2.49. The molecule has 0 aliphatic heterocycles. The summed E-state index contributed by atoms with van der Waals surface area (Å²) in [6.45, 7) is 2.20. The number of ether oxygens (including phenoxy) is 1. The van der Waals surface area contributed by atoms with Gasteiger partial charge in [0.2, 0.25) is 0 Å². The molecule has 0 fully saturated rings. The Morgan fingerprint density at radius 2 is 1.60 bits per heavy atom. The number of hydrogen-bond acceptors (Lipinski definition) is 2. The molecule has 0 amide bonds. The number of esters is 1. The van der Waals surface area contributed by atoms with Crippen LogP contribution in [0.1, 0.15) is 18.1 Å². The lowest BCUT2D eigenvalue weighted by molar-refractivity contribution is -0.137. The maximum absolute atomic E-state index is 11.7. The van der Waals surface area contributed by atoms with Gasteiger partial charge in [-0.25, -0.2) is 4.79 Å². The lowest BCUT2D eigenvalue weighted by atomic mass is 9.98. The molecule has 0 spiro atoms. The summed E-state index contributed by atoms with van der Waals surface area (Å²) in [5.41, 5.74) is 3.19. The summed E-state index contributed by atoms with van der Waals surface area (Å²) < 4.78 is 5.02. The second-order valence-corrected chi connectivity index (χ2v) is 4.45. The number of carbonyl (C=O) groups excluding carboxylic acids is 1. The summed E-state index contributed by atoms with van der Waals surface area (Å²) in [5, 5.41) is 0. The van der Waals surface area contributed by atoms with E-state index in [1.807, 2.05) is 55.5 Å². The van der Waals surface area contributed by atoms with Crippen molar-refractivity contribution < 1.29 is 9.53 Å². The molecule has 0 unspecified atom stereocenters. The largest absolute Gasteiger partial charge is 0.463 e. The summed E-state index contributed by atoms with van der Waals surface area (Å²) >= 11 is 0. The van der Waals surface area contributed by atoms with E-state index in [0.717, 1.165) is 11.1 Å². The normalized spacial score (nSPS) is 11.2. The molecule has 0 atom stereocenters. The maximum Gasteiger partial charge on any atom is 0.331 e. The third kappa shape index (κ3) is 4.09. The van der Waals surface area contributed by atoms with Crippen molar-refractivity contribution >= 4 is 11.5 Å². The molecule has 2 heteroatoms. The predicted octanol–water partition coefficient (Wildman–Crippen LogP) is 3.88. The van der Waals surface area contributed by atoms with Crippen LogP contribution in [0.25, 0.3) is 5.57 Å². The standard InChI is InChI=1S/C18H18O2/c1-2-20-18(19)14-17(16-11-7-4-8-12-16)13-15-9-5-3-6-10-15/h3-12,14H,2,13H2,1H3. The van der Waals surface area contributed by atoms with Gasteiger partial charge in [-0.15, -0.1) is 0 Å². The highest BCUT2D eigenvalue weighted by Crippen LogP contribution is 2.19. The van der Waals surface area contributed by atoms with E-state index < -0.39 is 0 Å². The number of carbonyl (C=O) groups is 1. The third-order valence-corrected chi connectivity index (χ3v) is 2.96. The van der Waals surface area contributed by atoms with Gasteiger partial charge >= 0.3 is 5.97 Å². The van der Waals surface area contributed by atoms with Crippen molar-refractivity contribution in [3.05, 3.63) is 77.9 Å². The first-order valence-corrected chi connectivity index (χ1v) is 6.76. The fraction of sp³-hybridized carbons (Fsp3) is 0.167. The highest BCUT2D eigenvalue weighted by Gasteiger charge is 2.06. The Kier molecular flexibility index (Phi) is 5.13. The van der Waals surface area contributed by atoms with Gasteiger partial charge in [-0.05, 0) is 30.0 Å². The zero-order valence-corrected chi connectivity index (χ0v) is 11.6. The fourth-order valence-electron chi connectivity index (χ4n) is 2.03. The lowest BCUT2D eigenvalue weighted by Crippen LogP contribution is -2.02. The van der Waals surface area contributed by atoms with E-state index in [4.69, 9.17) is 4.74 Å². The van der Waals surface area contributed by atoms with Crippen LogP contribution in [-0.2, 0) is 16.0 Å². The van der Waals surface area contributed by atoms with E-state index in [1.54, 1.807) is 6.08 Å². The minimum Gasteiger partial charge on any atom is -0.463 e. The van der Waals surface area contributed by atoms with Gasteiger partial charge < -0.3 is 4.74 Å². The average molecular weight is 266 g/mol. The molecular weight excluding hydrogens is 248 g/mol. The van der Waals surface area contributed by atoms with Crippen molar-refractivity contribution in [1.29, 1.82) is 0 Å². The summed E-state index contributed by atoms with van der Waals surface area (Å²) in [6, 6.07) is 20.0. The van der Waals surface area contributed by atoms with Crippen LogP contribution in [0.4, 0.5) is 0 Å². The highest BCUT2D eigenvalue weighted by molar-refractivity contribution is 5.91. The van der Waals surface area contributed by atoms with Crippen LogP contribution in [-0.4, -0.2) is 12.6 Å². The molecule has 2 rings (SSSR count). The quantitative estimate of drug-likeness (QED) is 0.606. The van der Waals surface area contributed by atoms with E-state index in [1.165, 1.54) is 5.56 Å². The van der Waals surface area contributed by atoms with E-state index in [-0.39, 0.29) is 5.97 Å². The summed E-state index contributed by atoms with van der Waals surface area (Å²) in [6.07, 6.45) is 2.30. The minimum absolute atomic E-state index is 0.290. The Hall–Kier alpha value is -2.35. The first-order valence-electron chi connectivity index (χ1n) is 6.76. The van der Waals surface area contributed by atoms with Crippen molar-refractivity contribution in [3.63, 3.8) is 0 Å². The van der Waals surface area contributed by atoms with Crippen molar-refractivity contribution in [3.8, 4) is 0 Å². The van der Waals surface area contributed by atoms with E-state index in [0.29, 0.717) is 13.0 Å². The van der Waals surface area contributed by atoms with Gasteiger partial charge in [-0.3, -0.25) is 0 Å². The van der Waals surface area contributed by atoms with Crippen LogP contribution in [0.5, 0.6) is 0 Å². The Morgan fingerprint density at radius 1 is 1.00 bits per heavy atom. The second-order valence-electron chi connectivity index (χ2n) is 4.45. The van der Waals surface area contributed by atoms with E-state index >= 15 is 0 Å². The molecule has 0 saturated carbocycles. The monoisotopic (exact) mass is 266 g/mol.